The predicted molar refractivity (Wildman–Crippen MR) is 105 cm³/mol. The molecular formula is C20H15N3O2S. The van der Waals surface area contributed by atoms with Crippen LogP contribution in [0.25, 0.3) is 10.8 Å². The molecule has 0 amide bonds. The largest absolute Gasteiger partial charge is 0.423 e. The molecule has 26 heavy (non-hydrogen) atoms. The molecule has 0 saturated carbocycles. The lowest BCUT2D eigenvalue weighted by molar-refractivity contribution is 0.0736. The minimum absolute atomic E-state index is 0.326. The number of benzene rings is 3. The number of hydrogen-bond donors (Lipinski definition) is 1. The van der Waals surface area contributed by atoms with E-state index in [2.05, 4.69) is 10.3 Å². The number of hydrogen-bond acceptors (Lipinski definition) is 5. The maximum Gasteiger partial charge on any atom is 0.345 e. The van der Waals surface area contributed by atoms with E-state index in [0.717, 1.165) is 10.8 Å². The van der Waals surface area contributed by atoms with E-state index in [9.17, 15) is 4.79 Å². The molecule has 1 N–H and O–H groups in total. The maximum absolute atomic E-state index is 12.6. The number of aliphatic imine (C=N–C) groups is 1. The van der Waals surface area contributed by atoms with E-state index in [0.29, 0.717) is 22.2 Å². The first kappa shape index (κ1) is 17.5. The van der Waals surface area contributed by atoms with Crippen molar-refractivity contribution in [2.75, 3.05) is 6.26 Å². The van der Waals surface area contributed by atoms with Gasteiger partial charge in [0.05, 0.1) is 11.3 Å². The fourth-order valence-corrected chi connectivity index (χ4v) is 2.76. The monoisotopic (exact) mass is 361 g/mol. The van der Waals surface area contributed by atoms with E-state index in [4.69, 9.17) is 10.00 Å². The van der Waals surface area contributed by atoms with E-state index in [-0.39, 0.29) is 0 Å². The molecule has 0 aliphatic rings. The zero-order valence-electron chi connectivity index (χ0n) is 14.0. The van der Waals surface area contributed by atoms with Crippen LogP contribution in [0, 0.1) is 11.5 Å². The lowest BCUT2D eigenvalue weighted by Gasteiger charge is -2.08. The highest BCUT2D eigenvalue weighted by Crippen LogP contribution is 2.24. The lowest BCUT2D eigenvalue weighted by Crippen LogP contribution is -2.13. The average molecular weight is 361 g/mol. The van der Waals surface area contributed by atoms with E-state index < -0.39 is 5.97 Å². The molecule has 6 heteroatoms. The average Bonchev–Trinajstić information content (AvgIpc) is 2.68. The Hall–Kier alpha value is -3.30. The summed E-state index contributed by atoms with van der Waals surface area (Å²) in [7, 11) is 0. The molecule has 128 valence electrons. The minimum Gasteiger partial charge on any atom is -0.423 e. The number of para-hydroxylation sites is 1. The first-order valence-corrected chi connectivity index (χ1v) is 9.01. The maximum atomic E-state index is 12.6. The Bertz CT molecular complexity index is 1020. The molecule has 0 atom stereocenters. The van der Waals surface area contributed by atoms with Crippen molar-refractivity contribution < 1.29 is 9.53 Å². The van der Waals surface area contributed by atoms with Crippen molar-refractivity contribution >= 4 is 39.4 Å². The molecule has 0 unspecified atom stereocenters. The predicted octanol–water partition coefficient (Wildman–Crippen LogP) is 4.48. The number of ether oxygens (including phenoxy) is 1. The summed E-state index contributed by atoms with van der Waals surface area (Å²) >= 11 is 1.28. The zero-order valence-corrected chi connectivity index (χ0v) is 14.8. The number of carbonyl (C=O) groups excluding carboxylic acids is 1. The number of amidine groups is 1. The van der Waals surface area contributed by atoms with E-state index >= 15 is 0 Å². The van der Waals surface area contributed by atoms with Crippen LogP contribution in [-0.2, 0) is 0 Å². The number of esters is 1. The van der Waals surface area contributed by atoms with Gasteiger partial charge >= 0.3 is 5.97 Å². The van der Waals surface area contributed by atoms with Crippen LogP contribution in [-0.4, -0.2) is 17.4 Å². The van der Waals surface area contributed by atoms with Gasteiger partial charge in [-0.2, -0.15) is 5.26 Å². The second-order valence-corrected chi connectivity index (χ2v) is 6.07. The summed E-state index contributed by atoms with van der Waals surface area (Å²) < 4.78 is 5.52. The molecule has 3 rings (SSSR count). The molecule has 0 aromatic heterocycles. The standard InChI is InChI=1S/C20H15N3O2S/c1-26-20(22-13-21)23-18-9-5-4-8-17(18)19(24)25-16-11-10-14-6-2-3-7-15(14)12-16/h2-12H,1H3,(H,22,23). The molecule has 0 fully saturated rings. The third kappa shape index (κ3) is 4.02. The van der Waals surface area contributed by atoms with Gasteiger partial charge in [-0.15, -0.1) is 0 Å². The van der Waals surface area contributed by atoms with Crippen molar-refractivity contribution in [3.05, 3.63) is 72.3 Å². The van der Waals surface area contributed by atoms with Crippen LogP contribution in [0.2, 0.25) is 0 Å². The molecule has 3 aromatic carbocycles. The van der Waals surface area contributed by atoms with E-state index in [1.807, 2.05) is 42.6 Å². The zero-order chi connectivity index (χ0) is 18.4. The van der Waals surface area contributed by atoms with Crippen molar-refractivity contribution in [2.45, 2.75) is 0 Å². The quantitative estimate of drug-likeness (QED) is 0.186. The summed E-state index contributed by atoms with van der Waals surface area (Å²) in [6, 6.07) is 20.2. The smallest absolute Gasteiger partial charge is 0.345 e. The topological polar surface area (TPSA) is 74.5 Å². The van der Waals surface area contributed by atoms with Crippen molar-refractivity contribution in [1.29, 1.82) is 5.26 Å². The normalized spacial score (nSPS) is 11.0. The van der Waals surface area contributed by atoms with Crippen molar-refractivity contribution in [1.82, 2.24) is 5.32 Å². The Kier molecular flexibility index (Phi) is 5.52. The summed E-state index contributed by atoms with van der Waals surface area (Å²) in [5, 5.41) is 13.7. The summed E-state index contributed by atoms with van der Waals surface area (Å²) in [4.78, 5) is 16.9. The van der Waals surface area contributed by atoms with Crippen LogP contribution < -0.4 is 10.1 Å². The second-order valence-electron chi connectivity index (χ2n) is 5.27. The Morgan fingerprint density at radius 1 is 1.08 bits per heavy atom. The molecule has 5 nitrogen and oxygen atoms in total. The Morgan fingerprint density at radius 2 is 1.81 bits per heavy atom. The first-order valence-electron chi connectivity index (χ1n) is 7.79. The number of carbonyl (C=O) groups is 1. The molecule has 0 aliphatic carbocycles. The summed E-state index contributed by atoms with van der Waals surface area (Å²) in [5.41, 5.74) is 0.761. The fraction of sp³-hybridized carbons (Fsp3) is 0.0500. The molecule has 0 aliphatic heterocycles. The number of nitrogens with zero attached hydrogens (tertiary/aromatic N) is 2. The Labute approximate surface area is 155 Å². The molecule has 0 radical (unpaired) electrons. The Balaban J connectivity index is 1.89. The van der Waals surface area contributed by atoms with Crippen molar-refractivity contribution in [2.24, 2.45) is 4.99 Å². The van der Waals surface area contributed by atoms with Gasteiger partial charge in [-0.05, 0) is 41.3 Å². The number of nitriles is 1. The minimum atomic E-state index is -0.503. The third-order valence-electron chi connectivity index (χ3n) is 3.63. The van der Waals surface area contributed by atoms with Gasteiger partial charge in [-0.25, -0.2) is 9.79 Å². The van der Waals surface area contributed by atoms with Gasteiger partial charge in [0.25, 0.3) is 0 Å². The van der Waals surface area contributed by atoms with Crippen LogP contribution >= 0.6 is 11.8 Å². The number of fused-ring (bicyclic) bond motifs is 1. The van der Waals surface area contributed by atoms with Gasteiger partial charge in [0, 0.05) is 0 Å². The molecule has 0 spiro atoms. The summed E-state index contributed by atoms with van der Waals surface area (Å²) in [6.07, 6.45) is 3.62. The van der Waals surface area contributed by atoms with Gasteiger partial charge in [0.2, 0.25) is 0 Å². The fourth-order valence-electron chi connectivity index (χ4n) is 2.42. The van der Waals surface area contributed by atoms with Gasteiger partial charge in [-0.3, -0.25) is 5.32 Å². The van der Waals surface area contributed by atoms with Crippen LogP contribution in [0.4, 0.5) is 5.69 Å². The molecule has 3 aromatic rings. The highest BCUT2D eigenvalue weighted by molar-refractivity contribution is 8.13. The van der Waals surface area contributed by atoms with Crippen LogP contribution in [0.3, 0.4) is 0 Å². The van der Waals surface area contributed by atoms with E-state index in [1.165, 1.54) is 11.8 Å². The highest BCUT2D eigenvalue weighted by atomic mass is 32.2. The first-order chi connectivity index (χ1) is 12.7. The van der Waals surface area contributed by atoms with Crippen LogP contribution in [0.15, 0.2) is 71.7 Å². The third-order valence-corrected chi connectivity index (χ3v) is 4.21. The SMILES string of the molecule is CSC(=Nc1ccccc1C(=O)Oc1ccc2ccccc2c1)NC#N. The van der Waals surface area contributed by atoms with Gasteiger partial charge < -0.3 is 4.74 Å². The van der Waals surface area contributed by atoms with E-state index in [1.54, 1.807) is 36.6 Å². The van der Waals surface area contributed by atoms with Crippen molar-refractivity contribution in [3.8, 4) is 11.9 Å². The van der Waals surface area contributed by atoms with Gasteiger partial charge in [0.1, 0.15) is 5.75 Å². The van der Waals surface area contributed by atoms with Crippen LogP contribution in [0.1, 0.15) is 10.4 Å². The van der Waals surface area contributed by atoms with Crippen molar-refractivity contribution in [3.63, 3.8) is 0 Å². The molecular weight excluding hydrogens is 346 g/mol. The molecule has 0 heterocycles. The Morgan fingerprint density at radius 3 is 2.58 bits per heavy atom. The number of nitrogens with one attached hydrogen (secondary N) is 1. The number of rotatable bonds is 3. The summed E-state index contributed by atoms with van der Waals surface area (Å²) in [6.45, 7) is 0. The molecule has 0 saturated heterocycles. The summed E-state index contributed by atoms with van der Waals surface area (Å²) in [5.74, 6) is -0.0373. The second kappa shape index (κ2) is 8.19. The number of thioether (sulfide) groups is 1. The highest BCUT2D eigenvalue weighted by Gasteiger charge is 2.14. The molecule has 0 bridgehead atoms. The van der Waals surface area contributed by atoms with Gasteiger partial charge in [-0.1, -0.05) is 54.2 Å². The van der Waals surface area contributed by atoms with Gasteiger partial charge in [0.15, 0.2) is 11.4 Å². The lowest BCUT2D eigenvalue weighted by atomic mass is 10.1. The van der Waals surface area contributed by atoms with Crippen LogP contribution in [0.5, 0.6) is 5.75 Å².